The second kappa shape index (κ2) is 7.23. The van der Waals surface area contributed by atoms with Gasteiger partial charge in [0, 0.05) is 11.6 Å². The zero-order valence-electron chi connectivity index (χ0n) is 14.4. The highest BCUT2D eigenvalue weighted by Crippen LogP contribution is 2.40. The van der Waals surface area contributed by atoms with Crippen LogP contribution in [0.3, 0.4) is 0 Å². The summed E-state index contributed by atoms with van der Waals surface area (Å²) in [6.45, 7) is 4.15. The Morgan fingerprint density at radius 2 is 1.62 bits per heavy atom. The van der Waals surface area contributed by atoms with Gasteiger partial charge in [-0.3, -0.25) is 0 Å². The van der Waals surface area contributed by atoms with Crippen molar-refractivity contribution in [3.8, 4) is 22.6 Å². The van der Waals surface area contributed by atoms with E-state index in [1.807, 2.05) is 24.3 Å². The van der Waals surface area contributed by atoms with Crippen molar-refractivity contribution in [2.24, 2.45) is 5.14 Å². The van der Waals surface area contributed by atoms with E-state index in [4.69, 9.17) is 14.6 Å². The Labute approximate surface area is 143 Å². The van der Waals surface area contributed by atoms with Gasteiger partial charge in [0.25, 0.3) is 0 Å². The minimum Gasteiger partial charge on any atom is -0.496 e. The van der Waals surface area contributed by atoms with Gasteiger partial charge in [0.2, 0.25) is 10.0 Å². The molecule has 0 aliphatic carbocycles. The van der Waals surface area contributed by atoms with Gasteiger partial charge < -0.3 is 9.47 Å². The molecular weight excluding hydrogens is 326 g/mol. The Bertz CT molecular complexity index is 829. The van der Waals surface area contributed by atoms with Crippen molar-refractivity contribution in [2.75, 3.05) is 14.2 Å². The van der Waals surface area contributed by atoms with Crippen molar-refractivity contribution in [3.63, 3.8) is 0 Å². The average molecular weight is 349 g/mol. The van der Waals surface area contributed by atoms with Crippen LogP contribution in [0.2, 0.25) is 0 Å². The van der Waals surface area contributed by atoms with Crippen molar-refractivity contribution < 1.29 is 17.9 Å². The summed E-state index contributed by atoms with van der Waals surface area (Å²) in [4.78, 5) is 0. The molecule has 0 amide bonds. The first-order chi connectivity index (χ1) is 11.3. The molecule has 2 aromatic rings. The monoisotopic (exact) mass is 349 g/mol. The zero-order chi connectivity index (χ0) is 17.9. The summed E-state index contributed by atoms with van der Waals surface area (Å²) in [6.07, 6.45) is 0. The fourth-order valence-corrected chi connectivity index (χ4v) is 3.40. The summed E-state index contributed by atoms with van der Waals surface area (Å²) < 4.78 is 34.0. The lowest BCUT2D eigenvalue weighted by atomic mass is 9.93. The summed E-state index contributed by atoms with van der Waals surface area (Å²) in [5.74, 6) is 1.39. The van der Waals surface area contributed by atoms with Gasteiger partial charge in [0.05, 0.1) is 20.0 Å². The van der Waals surface area contributed by atoms with Crippen LogP contribution in [0.1, 0.15) is 30.9 Å². The van der Waals surface area contributed by atoms with E-state index >= 15 is 0 Å². The van der Waals surface area contributed by atoms with Gasteiger partial charge in [0.15, 0.2) is 0 Å². The van der Waals surface area contributed by atoms with E-state index in [1.165, 1.54) is 0 Å². The first-order valence-electron chi connectivity index (χ1n) is 7.61. The lowest BCUT2D eigenvalue weighted by molar-refractivity contribution is 0.390. The molecule has 0 aliphatic heterocycles. The molecule has 130 valence electrons. The van der Waals surface area contributed by atoms with Crippen LogP contribution in [-0.4, -0.2) is 22.6 Å². The van der Waals surface area contributed by atoms with Crippen LogP contribution >= 0.6 is 0 Å². The standard InChI is InChI=1S/C18H23NO4S/c1-12(2)15-9-16(18(23-4)10-17(15)22-3)14-8-6-5-7-13(14)11-24(19,20)21/h5-10,12H,11H2,1-4H3,(H2,19,20,21). The topological polar surface area (TPSA) is 78.6 Å². The maximum absolute atomic E-state index is 11.5. The number of nitrogens with two attached hydrogens (primary N) is 1. The van der Waals surface area contributed by atoms with Gasteiger partial charge >= 0.3 is 0 Å². The van der Waals surface area contributed by atoms with Gasteiger partial charge in [-0.25, -0.2) is 13.6 Å². The van der Waals surface area contributed by atoms with Crippen molar-refractivity contribution >= 4 is 10.0 Å². The van der Waals surface area contributed by atoms with Gasteiger partial charge in [-0.05, 0) is 28.7 Å². The van der Waals surface area contributed by atoms with Crippen LogP contribution in [0.5, 0.6) is 11.5 Å². The summed E-state index contributed by atoms with van der Waals surface area (Å²) in [5, 5.41) is 5.23. The Morgan fingerprint density at radius 3 is 2.17 bits per heavy atom. The molecule has 0 fully saturated rings. The lowest BCUT2D eigenvalue weighted by Gasteiger charge is -2.18. The molecule has 0 atom stereocenters. The number of sulfonamides is 1. The fourth-order valence-electron chi connectivity index (χ4n) is 2.71. The fraction of sp³-hybridized carbons (Fsp3) is 0.333. The summed E-state index contributed by atoms with van der Waals surface area (Å²) in [7, 11) is -0.433. The molecule has 0 radical (unpaired) electrons. The smallest absolute Gasteiger partial charge is 0.213 e. The molecule has 0 bridgehead atoms. The summed E-state index contributed by atoms with van der Waals surface area (Å²) in [6, 6.07) is 11.1. The molecular formula is C18H23NO4S. The van der Waals surface area contributed by atoms with Crippen molar-refractivity contribution in [2.45, 2.75) is 25.5 Å². The minimum atomic E-state index is -3.63. The third-order valence-electron chi connectivity index (χ3n) is 3.84. The summed E-state index contributed by atoms with van der Waals surface area (Å²) in [5.41, 5.74) is 3.27. The van der Waals surface area contributed by atoms with E-state index in [1.54, 1.807) is 26.4 Å². The predicted octanol–water partition coefficient (Wildman–Crippen LogP) is 3.28. The maximum Gasteiger partial charge on any atom is 0.213 e. The highest BCUT2D eigenvalue weighted by molar-refractivity contribution is 7.88. The molecule has 0 spiro atoms. The van der Waals surface area contributed by atoms with E-state index in [-0.39, 0.29) is 11.7 Å². The second-order valence-electron chi connectivity index (χ2n) is 5.91. The molecule has 2 aromatic carbocycles. The molecule has 24 heavy (non-hydrogen) atoms. The first-order valence-corrected chi connectivity index (χ1v) is 9.33. The number of hydrogen-bond acceptors (Lipinski definition) is 4. The van der Waals surface area contributed by atoms with E-state index in [2.05, 4.69) is 13.8 Å². The second-order valence-corrected chi connectivity index (χ2v) is 7.53. The number of methoxy groups -OCH3 is 2. The SMILES string of the molecule is COc1cc(OC)c(C(C)C)cc1-c1ccccc1CS(N)(=O)=O. The molecule has 5 nitrogen and oxygen atoms in total. The quantitative estimate of drug-likeness (QED) is 0.868. The predicted molar refractivity (Wildman–Crippen MR) is 95.9 cm³/mol. The van der Waals surface area contributed by atoms with Crippen molar-refractivity contribution in [1.29, 1.82) is 0 Å². The van der Waals surface area contributed by atoms with E-state index < -0.39 is 10.0 Å². The van der Waals surface area contributed by atoms with Crippen LogP contribution < -0.4 is 14.6 Å². The molecule has 0 heterocycles. The van der Waals surface area contributed by atoms with E-state index in [9.17, 15) is 8.42 Å². The minimum absolute atomic E-state index is 0.227. The van der Waals surface area contributed by atoms with Crippen LogP contribution in [0, 0.1) is 0 Å². The largest absolute Gasteiger partial charge is 0.496 e. The molecule has 2 rings (SSSR count). The Morgan fingerprint density at radius 1 is 1.00 bits per heavy atom. The molecule has 6 heteroatoms. The Balaban J connectivity index is 2.70. The van der Waals surface area contributed by atoms with E-state index in [0.717, 1.165) is 22.4 Å². The van der Waals surface area contributed by atoms with Crippen molar-refractivity contribution in [3.05, 3.63) is 47.5 Å². The molecule has 0 aromatic heterocycles. The third kappa shape index (κ3) is 4.07. The number of ether oxygens (including phenoxy) is 2. The van der Waals surface area contributed by atoms with E-state index in [0.29, 0.717) is 11.3 Å². The highest BCUT2D eigenvalue weighted by atomic mass is 32.2. The van der Waals surface area contributed by atoms with Gasteiger partial charge in [-0.2, -0.15) is 0 Å². The highest BCUT2D eigenvalue weighted by Gasteiger charge is 2.18. The van der Waals surface area contributed by atoms with Crippen LogP contribution in [0.25, 0.3) is 11.1 Å². The number of hydrogen-bond donors (Lipinski definition) is 1. The maximum atomic E-state index is 11.5. The molecule has 0 saturated carbocycles. The van der Waals surface area contributed by atoms with Crippen LogP contribution in [0.15, 0.2) is 36.4 Å². The van der Waals surface area contributed by atoms with Crippen molar-refractivity contribution in [1.82, 2.24) is 0 Å². The number of rotatable bonds is 6. The third-order valence-corrected chi connectivity index (χ3v) is 4.55. The Kier molecular flexibility index (Phi) is 5.51. The Hall–Kier alpha value is -2.05. The number of benzene rings is 2. The van der Waals surface area contributed by atoms with Gasteiger partial charge in [-0.15, -0.1) is 0 Å². The normalized spacial score (nSPS) is 11.6. The summed E-state index contributed by atoms with van der Waals surface area (Å²) >= 11 is 0. The lowest BCUT2D eigenvalue weighted by Crippen LogP contribution is -2.15. The van der Waals surface area contributed by atoms with Crippen LogP contribution in [-0.2, 0) is 15.8 Å². The van der Waals surface area contributed by atoms with Gasteiger partial charge in [-0.1, -0.05) is 38.1 Å². The van der Waals surface area contributed by atoms with Crippen LogP contribution in [0.4, 0.5) is 0 Å². The molecule has 2 N–H and O–H groups in total. The molecule has 0 unspecified atom stereocenters. The number of primary sulfonamides is 1. The first kappa shape index (κ1) is 18.3. The zero-order valence-corrected chi connectivity index (χ0v) is 15.2. The molecule has 0 saturated heterocycles. The van der Waals surface area contributed by atoms with Gasteiger partial charge in [0.1, 0.15) is 11.5 Å². The average Bonchev–Trinajstić information content (AvgIpc) is 2.52. The molecule has 0 aliphatic rings.